The number of amides is 1. The van der Waals surface area contributed by atoms with Crippen molar-refractivity contribution in [2.75, 3.05) is 11.1 Å². The molecule has 8 heteroatoms. The quantitative estimate of drug-likeness (QED) is 0.596. The summed E-state index contributed by atoms with van der Waals surface area (Å²) in [5.74, 6) is 0.199. The summed E-state index contributed by atoms with van der Waals surface area (Å²) >= 11 is 4.74. The predicted octanol–water partition coefficient (Wildman–Crippen LogP) is 3.41. The Labute approximate surface area is 158 Å². The van der Waals surface area contributed by atoms with Crippen molar-refractivity contribution >= 4 is 39.3 Å². The van der Waals surface area contributed by atoms with E-state index >= 15 is 0 Å². The van der Waals surface area contributed by atoms with E-state index in [1.54, 1.807) is 12.5 Å². The zero-order valence-corrected chi connectivity index (χ0v) is 15.7. The molecule has 0 aliphatic carbocycles. The summed E-state index contributed by atoms with van der Waals surface area (Å²) in [6.45, 7) is 0.723. The highest BCUT2D eigenvalue weighted by molar-refractivity contribution is 9.10. The van der Waals surface area contributed by atoms with E-state index in [9.17, 15) is 4.79 Å². The second-order valence-corrected chi connectivity index (χ2v) is 7.08. The minimum Gasteiger partial charge on any atom is -0.325 e. The summed E-state index contributed by atoms with van der Waals surface area (Å²) in [5.41, 5.74) is 1.78. The first kappa shape index (κ1) is 17.6. The van der Waals surface area contributed by atoms with E-state index < -0.39 is 0 Å². The van der Waals surface area contributed by atoms with Crippen LogP contribution in [0.2, 0.25) is 0 Å². The Morgan fingerprint density at radius 2 is 2.04 bits per heavy atom. The number of aryl methyl sites for hydroxylation is 2. The first-order chi connectivity index (χ1) is 12.2. The van der Waals surface area contributed by atoms with Crippen LogP contribution < -0.4 is 5.32 Å². The second-order valence-electron chi connectivity index (χ2n) is 5.22. The van der Waals surface area contributed by atoms with Crippen LogP contribution in [-0.2, 0) is 17.8 Å². The van der Waals surface area contributed by atoms with Crippen LogP contribution in [0.25, 0.3) is 0 Å². The van der Waals surface area contributed by atoms with Crippen molar-refractivity contribution in [3.8, 4) is 0 Å². The third-order valence-corrected chi connectivity index (χ3v) is 4.88. The van der Waals surface area contributed by atoms with Gasteiger partial charge in [-0.2, -0.15) is 0 Å². The molecule has 1 amide bonds. The lowest BCUT2D eigenvalue weighted by Crippen LogP contribution is -2.14. The van der Waals surface area contributed by atoms with Gasteiger partial charge in [-0.3, -0.25) is 9.78 Å². The number of benzene rings is 1. The van der Waals surface area contributed by atoms with Crippen molar-refractivity contribution in [3.63, 3.8) is 0 Å². The number of anilines is 1. The molecule has 1 N–H and O–H groups in total. The molecule has 0 unspecified atom stereocenters. The maximum atomic E-state index is 12.1. The average molecular weight is 418 g/mol. The smallest absolute Gasteiger partial charge is 0.234 e. The van der Waals surface area contributed by atoms with Crippen LogP contribution in [0.4, 0.5) is 5.69 Å². The van der Waals surface area contributed by atoms with Crippen molar-refractivity contribution in [1.29, 1.82) is 0 Å². The molecule has 0 spiro atoms. The van der Waals surface area contributed by atoms with Crippen LogP contribution in [0.15, 0.2) is 64.6 Å². The van der Waals surface area contributed by atoms with Gasteiger partial charge in [0, 0.05) is 35.0 Å². The SMILES string of the molecule is O=C(CSc1nncn1CCc1ccccn1)Nc1ccc(Br)cc1. The maximum Gasteiger partial charge on any atom is 0.234 e. The summed E-state index contributed by atoms with van der Waals surface area (Å²) in [6, 6.07) is 13.3. The first-order valence-corrected chi connectivity index (χ1v) is 9.44. The molecule has 3 aromatic rings. The molecular formula is C17H16BrN5OS. The van der Waals surface area contributed by atoms with Gasteiger partial charge in [0.1, 0.15) is 6.33 Å². The number of nitrogens with zero attached hydrogens (tertiary/aromatic N) is 4. The van der Waals surface area contributed by atoms with Crippen molar-refractivity contribution in [3.05, 3.63) is 65.2 Å². The maximum absolute atomic E-state index is 12.1. The number of pyridine rings is 1. The third kappa shape index (κ3) is 5.40. The number of nitrogens with one attached hydrogen (secondary N) is 1. The van der Waals surface area contributed by atoms with Crippen LogP contribution in [-0.4, -0.2) is 31.4 Å². The largest absolute Gasteiger partial charge is 0.325 e. The van der Waals surface area contributed by atoms with Crippen molar-refractivity contribution in [2.24, 2.45) is 0 Å². The number of aromatic nitrogens is 4. The monoisotopic (exact) mass is 417 g/mol. The molecule has 0 radical (unpaired) electrons. The van der Waals surface area contributed by atoms with E-state index in [2.05, 4.69) is 36.4 Å². The number of carbonyl (C=O) groups excluding carboxylic acids is 1. The number of hydrogen-bond donors (Lipinski definition) is 1. The van der Waals surface area contributed by atoms with Crippen molar-refractivity contribution < 1.29 is 4.79 Å². The Bertz CT molecular complexity index is 823. The van der Waals surface area contributed by atoms with E-state index in [4.69, 9.17) is 0 Å². The molecule has 0 atom stereocenters. The molecule has 0 aliphatic heterocycles. The molecule has 2 aromatic heterocycles. The predicted molar refractivity (Wildman–Crippen MR) is 101 cm³/mol. The van der Waals surface area contributed by atoms with Gasteiger partial charge in [-0.15, -0.1) is 10.2 Å². The van der Waals surface area contributed by atoms with Gasteiger partial charge in [0.2, 0.25) is 5.91 Å². The fourth-order valence-electron chi connectivity index (χ4n) is 2.15. The van der Waals surface area contributed by atoms with E-state index in [1.807, 2.05) is 47.0 Å². The molecule has 2 heterocycles. The highest BCUT2D eigenvalue weighted by atomic mass is 79.9. The normalized spacial score (nSPS) is 10.6. The lowest BCUT2D eigenvalue weighted by Gasteiger charge is -2.07. The van der Waals surface area contributed by atoms with E-state index in [-0.39, 0.29) is 11.7 Å². The molecule has 0 saturated carbocycles. The Morgan fingerprint density at radius 1 is 1.20 bits per heavy atom. The van der Waals surface area contributed by atoms with Crippen LogP contribution in [0.3, 0.4) is 0 Å². The molecule has 25 heavy (non-hydrogen) atoms. The number of carbonyl (C=O) groups is 1. The highest BCUT2D eigenvalue weighted by Crippen LogP contribution is 2.17. The standard InChI is InChI=1S/C17H16BrN5OS/c18-13-4-6-15(7-5-13)21-16(24)11-25-17-22-20-12-23(17)10-8-14-3-1-2-9-19-14/h1-7,9,12H,8,10-11H2,(H,21,24). The Morgan fingerprint density at radius 3 is 2.80 bits per heavy atom. The summed E-state index contributed by atoms with van der Waals surface area (Å²) in [7, 11) is 0. The topological polar surface area (TPSA) is 72.7 Å². The van der Waals surface area contributed by atoms with E-state index in [0.29, 0.717) is 0 Å². The molecule has 0 aliphatic rings. The molecule has 6 nitrogen and oxygen atoms in total. The molecule has 0 fully saturated rings. The fourth-order valence-corrected chi connectivity index (χ4v) is 3.16. The lowest BCUT2D eigenvalue weighted by atomic mass is 10.3. The molecule has 128 valence electrons. The molecule has 0 bridgehead atoms. The highest BCUT2D eigenvalue weighted by Gasteiger charge is 2.09. The first-order valence-electron chi connectivity index (χ1n) is 7.66. The Kier molecular flexibility index (Phi) is 6.19. The van der Waals surface area contributed by atoms with Crippen LogP contribution in [0.1, 0.15) is 5.69 Å². The number of hydrogen-bond acceptors (Lipinski definition) is 5. The van der Waals surface area contributed by atoms with Gasteiger partial charge in [-0.1, -0.05) is 33.8 Å². The van der Waals surface area contributed by atoms with Crippen molar-refractivity contribution in [2.45, 2.75) is 18.1 Å². The third-order valence-electron chi connectivity index (χ3n) is 3.38. The van der Waals surface area contributed by atoms with E-state index in [0.717, 1.165) is 34.0 Å². The average Bonchev–Trinajstić information content (AvgIpc) is 3.08. The van der Waals surface area contributed by atoms with Crippen molar-refractivity contribution in [1.82, 2.24) is 19.7 Å². The minimum absolute atomic E-state index is 0.0772. The number of halogens is 1. The summed E-state index contributed by atoms with van der Waals surface area (Å²) < 4.78 is 2.91. The van der Waals surface area contributed by atoms with Gasteiger partial charge in [0.15, 0.2) is 5.16 Å². The number of rotatable bonds is 7. The lowest BCUT2D eigenvalue weighted by molar-refractivity contribution is -0.113. The van der Waals surface area contributed by atoms with Crippen LogP contribution in [0.5, 0.6) is 0 Å². The number of thioether (sulfide) groups is 1. The fraction of sp³-hybridized carbons (Fsp3) is 0.176. The van der Waals surface area contributed by atoms with Gasteiger partial charge >= 0.3 is 0 Å². The van der Waals surface area contributed by atoms with Crippen LogP contribution in [0, 0.1) is 0 Å². The zero-order chi connectivity index (χ0) is 17.5. The minimum atomic E-state index is -0.0772. The van der Waals surface area contributed by atoms with Crippen LogP contribution >= 0.6 is 27.7 Å². The molecule has 3 rings (SSSR count). The van der Waals surface area contributed by atoms with Gasteiger partial charge in [-0.25, -0.2) is 0 Å². The van der Waals surface area contributed by atoms with Gasteiger partial charge in [-0.05, 0) is 36.4 Å². The molecular weight excluding hydrogens is 402 g/mol. The summed E-state index contributed by atoms with van der Waals surface area (Å²) in [4.78, 5) is 16.4. The zero-order valence-electron chi connectivity index (χ0n) is 13.3. The summed E-state index contributed by atoms with van der Waals surface area (Å²) in [6.07, 6.45) is 4.25. The van der Waals surface area contributed by atoms with Gasteiger partial charge in [0.25, 0.3) is 0 Å². The van der Waals surface area contributed by atoms with Gasteiger partial charge < -0.3 is 9.88 Å². The Hall–Kier alpha value is -2.19. The van der Waals surface area contributed by atoms with Gasteiger partial charge in [0.05, 0.1) is 5.75 Å². The van der Waals surface area contributed by atoms with E-state index in [1.165, 1.54) is 11.8 Å². The molecule has 1 aromatic carbocycles. The Balaban J connectivity index is 1.50. The second kappa shape index (κ2) is 8.77. The summed E-state index contributed by atoms with van der Waals surface area (Å²) in [5, 5.41) is 11.6. The molecule has 0 saturated heterocycles.